The van der Waals surface area contributed by atoms with Gasteiger partial charge in [-0.05, 0) is 75.5 Å². The van der Waals surface area contributed by atoms with Crippen molar-refractivity contribution in [1.82, 2.24) is 14.9 Å². The molecule has 2 amide bonds. The Bertz CT molecular complexity index is 1310. The first-order chi connectivity index (χ1) is 19.1. The van der Waals surface area contributed by atoms with Crippen molar-refractivity contribution in [2.45, 2.75) is 62.1 Å². The predicted octanol–water partition coefficient (Wildman–Crippen LogP) is 1.26. The fourth-order valence-electron chi connectivity index (χ4n) is 5.15. The average Bonchev–Trinajstić information content (AvgIpc) is 3.45. The highest BCUT2D eigenvalue weighted by molar-refractivity contribution is 7.89. The summed E-state index contributed by atoms with van der Waals surface area (Å²) in [6, 6.07) is 10.7. The quantitative estimate of drug-likeness (QED) is 0.284. The second-order valence-electron chi connectivity index (χ2n) is 10.4. The van der Waals surface area contributed by atoms with E-state index in [1.165, 1.54) is 12.1 Å². The van der Waals surface area contributed by atoms with Crippen molar-refractivity contribution < 1.29 is 33.0 Å². The zero-order valence-electron chi connectivity index (χ0n) is 22.4. The highest BCUT2D eigenvalue weighted by Gasteiger charge is 2.42. The van der Waals surface area contributed by atoms with Crippen molar-refractivity contribution in [2.75, 3.05) is 25.0 Å². The average molecular weight is 573 g/mol. The molecule has 0 radical (unpaired) electrons. The van der Waals surface area contributed by atoms with E-state index < -0.39 is 40.1 Å². The van der Waals surface area contributed by atoms with Crippen LogP contribution >= 0.6 is 0 Å². The van der Waals surface area contributed by atoms with E-state index in [0.717, 1.165) is 35.8 Å². The van der Waals surface area contributed by atoms with Gasteiger partial charge in [-0.15, -0.1) is 0 Å². The Kier molecular flexibility index (Phi) is 9.56. The Hall–Kier alpha value is -3.32. The number of carbonyl (C=O) groups excluding carboxylic acids is 2. The standard InChI is InChI=1S/C28H36N4O7S/c1-18-4-10-22(11-5-18)40(38,39)32-16-2-3-24(32)25(33)27(35)31-23(28(36)37)17-19-6-8-21(9-7-19)30-26(34)20-12-14-29-15-13-20/h4-11,20,23-25,29,33H,2-3,12-17H2,1H3,(H,30,34)(H,31,35)(H,36,37)/t23-,24-,25?/m0/s1. The van der Waals surface area contributed by atoms with E-state index in [1.54, 1.807) is 36.4 Å². The number of aliphatic carboxylic acids is 1. The monoisotopic (exact) mass is 572 g/mol. The molecule has 4 rings (SSSR count). The smallest absolute Gasteiger partial charge is 0.326 e. The lowest BCUT2D eigenvalue weighted by Gasteiger charge is -2.28. The summed E-state index contributed by atoms with van der Waals surface area (Å²) in [7, 11) is -3.95. The molecule has 1 unspecified atom stereocenters. The third-order valence-electron chi connectivity index (χ3n) is 7.49. The lowest BCUT2D eigenvalue weighted by atomic mass is 9.97. The molecule has 0 saturated carbocycles. The number of carboxylic acids is 1. The largest absolute Gasteiger partial charge is 0.480 e. The number of carboxylic acid groups (broad SMARTS) is 1. The Labute approximate surface area is 234 Å². The molecule has 2 aromatic rings. The van der Waals surface area contributed by atoms with E-state index in [2.05, 4.69) is 16.0 Å². The van der Waals surface area contributed by atoms with Crippen LogP contribution in [0.1, 0.15) is 36.8 Å². The van der Waals surface area contributed by atoms with Crippen molar-refractivity contribution in [2.24, 2.45) is 5.92 Å². The number of hydrogen-bond acceptors (Lipinski definition) is 7. The minimum absolute atomic E-state index is 0.0516. The molecule has 12 heteroatoms. The normalized spacial score (nSPS) is 20.0. The molecule has 216 valence electrons. The summed E-state index contributed by atoms with van der Waals surface area (Å²) < 4.78 is 27.5. The highest BCUT2D eigenvalue weighted by Crippen LogP contribution is 2.28. The lowest BCUT2D eigenvalue weighted by Crippen LogP contribution is -2.53. The van der Waals surface area contributed by atoms with Gasteiger partial charge in [0.15, 0.2) is 0 Å². The molecule has 0 aliphatic carbocycles. The van der Waals surface area contributed by atoms with Crippen LogP contribution in [0.25, 0.3) is 0 Å². The number of sulfonamides is 1. The van der Waals surface area contributed by atoms with Crippen molar-refractivity contribution in [3.63, 3.8) is 0 Å². The van der Waals surface area contributed by atoms with Crippen LogP contribution in [0.2, 0.25) is 0 Å². The molecule has 5 N–H and O–H groups in total. The third kappa shape index (κ3) is 7.05. The van der Waals surface area contributed by atoms with Crippen LogP contribution in [0.4, 0.5) is 5.69 Å². The molecule has 0 spiro atoms. The van der Waals surface area contributed by atoms with E-state index in [4.69, 9.17) is 0 Å². The number of hydrogen-bond donors (Lipinski definition) is 5. The number of nitrogens with zero attached hydrogens (tertiary/aromatic N) is 1. The minimum Gasteiger partial charge on any atom is -0.480 e. The first-order valence-electron chi connectivity index (χ1n) is 13.5. The van der Waals surface area contributed by atoms with Gasteiger partial charge in [0.25, 0.3) is 5.91 Å². The minimum atomic E-state index is -3.95. The Morgan fingerprint density at radius 1 is 1.02 bits per heavy atom. The van der Waals surface area contributed by atoms with Crippen LogP contribution in [0.5, 0.6) is 0 Å². The molecule has 2 saturated heterocycles. The fraction of sp³-hybridized carbons (Fsp3) is 0.464. The van der Waals surface area contributed by atoms with E-state index in [9.17, 15) is 33.0 Å². The molecule has 0 aromatic heterocycles. The van der Waals surface area contributed by atoms with Gasteiger partial charge in [-0.25, -0.2) is 13.2 Å². The number of amides is 2. The number of aliphatic hydroxyl groups is 1. The van der Waals surface area contributed by atoms with Crippen molar-refractivity contribution in [3.8, 4) is 0 Å². The van der Waals surface area contributed by atoms with Gasteiger partial charge in [-0.1, -0.05) is 29.8 Å². The van der Waals surface area contributed by atoms with Crippen LogP contribution in [0.3, 0.4) is 0 Å². The van der Waals surface area contributed by atoms with Crippen LogP contribution < -0.4 is 16.0 Å². The molecule has 2 aliphatic rings. The third-order valence-corrected chi connectivity index (χ3v) is 9.43. The molecule has 3 atom stereocenters. The number of benzene rings is 2. The first-order valence-corrected chi connectivity index (χ1v) is 14.9. The Morgan fingerprint density at radius 3 is 2.30 bits per heavy atom. The highest BCUT2D eigenvalue weighted by atomic mass is 32.2. The summed E-state index contributed by atoms with van der Waals surface area (Å²) in [6.07, 6.45) is 0.465. The molecular weight excluding hydrogens is 536 g/mol. The number of piperidine rings is 1. The lowest BCUT2D eigenvalue weighted by molar-refractivity contribution is -0.144. The van der Waals surface area contributed by atoms with Crippen LogP contribution in [-0.2, 0) is 30.8 Å². The molecular formula is C28H36N4O7S. The van der Waals surface area contributed by atoms with Crippen molar-refractivity contribution in [1.29, 1.82) is 0 Å². The van der Waals surface area contributed by atoms with Gasteiger partial charge in [0.1, 0.15) is 12.1 Å². The number of aryl methyl sites for hydroxylation is 1. The summed E-state index contributed by atoms with van der Waals surface area (Å²) >= 11 is 0. The van der Waals surface area contributed by atoms with Crippen LogP contribution in [0, 0.1) is 12.8 Å². The summed E-state index contributed by atoms with van der Waals surface area (Å²) in [4.78, 5) is 37.4. The molecule has 2 heterocycles. The maximum absolute atomic E-state index is 13.2. The summed E-state index contributed by atoms with van der Waals surface area (Å²) in [5, 5.41) is 29.0. The molecule has 2 fully saturated rings. The molecule has 11 nitrogen and oxygen atoms in total. The summed E-state index contributed by atoms with van der Waals surface area (Å²) in [6.45, 7) is 3.59. The number of nitrogens with one attached hydrogen (secondary N) is 3. The Morgan fingerprint density at radius 2 is 1.68 bits per heavy atom. The summed E-state index contributed by atoms with van der Waals surface area (Å²) in [5.74, 6) is -2.35. The molecule has 2 aliphatic heterocycles. The fourth-order valence-corrected chi connectivity index (χ4v) is 6.84. The van der Waals surface area contributed by atoms with E-state index in [1.807, 2.05) is 6.92 Å². The first kappa shape index (κ1) is 29.7. The van der Waals surface area contributed by atoms with Crippen molar-refractivity contribution >= 4 is 33.5 Å². The van der Waals surface area contributed by atoms with Gasteiger partial charge in [0, 0.05) is 24.6 Å². The van der Waals surface area contributed by atoms with E-state index >= 15 is 0 Å². The molecule has 40 heavy (non-hydrogen) atoms. The zero-order valence-corrected chi connectivity index (χ0v) is 23.2. The van der Waals surface area contributed by atoms with Gasteiger partial charge < -0.3 is 26.2 Å². The Balaban J connectivity index is 1.37. The van der Waals surface area contributed by atoms with Gasteiger partial charge >= 0.3 is 5.97 Å². The van der Waals surface area contributed by atoms with Gasteiger partial charge in [-0.2, -0.15) is 4.31 Å². The van der Waals surface area contributed by atoms with E-state index in [0.29, 0.717) is 17.7 Å². The SMILES string of the molecule is Cc1ccc(S(=O)(=O)N2CCC[C@H]2C(O)C(=O)N[C@@H](Cc2ccc(NC(=O)C3CCNCC3)cc2)C(=O)O)cc1. The topological polar surface area (TPSA) is 165 Å². The maximum atomic E-state index is 13.2. The predicted molar refractivity (Wildman–Crippen MR) is 148 cm³/mol. The maximum Gasteiger partial charge on any atom is 0.326 e. The molecule has 2 aromatic carbocycles. The second-order valence-corrected chi connectivity index (χ2v) is 12.3. The van der Waals surface area contributed by atoms with Gasteiger partial charge in [-0.3, -0.25) is 9.59 Å². The summed E-state index contributed by atoms with van der Waals surface area (Å²) in [5.41, 5.74) is 2.09. The van der Waals surface area contributed by atoms with Crippen molar-refractivity contribution in [3.05, 3.63) is 59.7 Å². The van der Waals surface area contributed by atoms with Crippen LogP contribution in [-0.4, -0.2) is 78.5 Å². The zero-order chi connectivity index (χ0) is 28.9. The van der Waals surface area contributed by atoms with Gasteiger partial charge in [0.2, 0.25) is 15.9 Å². The number of anilines is 1. The van der Waals surface area contributed by atoms with E-state index in [-0.39, 0.29) is 36.1 Å². The second kappa shape index (κ2) is 12.9. The number of carbonyl (C=O) groups is 3. The number of rotatable bonds is 10. The number of aliphatic hydroxyl groups excluding tert-OH is 1. The van der Waals surface area contributed by atoms with Crippen LogP contribution in [0.15, 0.2) is 53.4 Å². The van der Waals surface area contributed by atoms with Gasteiger partial charge in [0.05, 0.1) is 10.9 Å². The molecule has 0 bridgehead atoms.